The predicted molar refractivity (Wildman–Crippen MR) is 72.8 cm³/mol. The summed E-state index contributed by atoms with van der Waals surface area (Å²) in [6.07, 6.45) is 2.52. The second-order valence-electron chi connectivity index (χ2n) is 5.38. The van der Waals surface area contributed by atoms with Crippen molar-refractivity contribution in [3.8, 4) is 0 Å². The number of hydrogen-bond acceptors (Lipinski definition) is 2. The zero-order valence-corrected chi connectivity index (χ0v) is 11.3. The van der Waals surface area contributed by atoms with Crippen LogP contribution in [0.15, 0.2) is 24.3 Å². The summed E-state index contributed by atoms with van der Waals surface area (Å²) in [5.74, 6) is 0.610. The summed E-state index contributed by atoms with van der Waals surface area (Å²) in [4.78, 5) is 2.46. The molecule has 3 heteroatoms. The van der Waals surface area contributed by atoms with Crippen molar-refractivity contribution in [2.45, 2.75) is 38.8 Å². The molecule has 1 fully saturated rings. The Morgan fingerprint density at radius 2 is 2.06 bits per heavy atom. The van der Waals surface area contributed by atoms with E-state index in [9.17, 15) is 4.39 Å². The molecule has 2 rings (SSSR count). The standard InChI is InChI=1S/C15H23FN2/c1-3-12-8-9-18(10-12)11(2)15(17)13-4-6-14(16)7-5-13/h4-7,11-12,15H,3,8-10,17H2,1-2H3. The van der Waals surface area contributed by atoms with E-state index in [4.69, 9.17) is 5.73 Å². The van der Waals surface area contributed by atoms with Crippen LogP contribution < -0.4 is 5.73 Å². The van der Waals surface area contributed by atoms with Crippen LogP contribution in [0.1, 0.15) is 38.3 Å². The van der Waals surface area contributed by atoms with E-state index in [0.29, 0.717) is 6.04 Å². The first-order valence-electron chi connectivity index (χ1n) is 6.87. The molecule has 2 N–H and O–H groups in total. The van der Waals surface area contributed by atoms with Gasteiger partial charge in [0.2, 0.25) is 0 Å². The van der Waals surface area contributed by atoms with Gasteiger partial charge >= 0.3 is 0 Å². The highest BCUT2D eigenvalue weighted by Crippen LogP contribution is 2.26. The van der Waals surface area contributed by atoms with Crippen molar-refractivity contribution in [2.24, 2.45) is 11.7 Å². The number of halogens is 1. The van der Waals surface area contributed by atoms with Crippen LogP contribution in [-0.4, -0.2) is 24.0 Å². The Labute approximate surface area is 109 Å². The van der Waals surface area contributed by atoms with E-state index in [1.54, 1.807) is 12.1 Å². The van der Waals surface area contributed by atoms with E-state index >= 15 is 0 Å². The van der Waals surface area contributed by atoms with Gasteiger partial charge < -0.3 is 5.73 Å². The quantitative estimate of drug-likeness (QED) is 0.890. The van der Waals surface area contributed by atoms with E-state index in [-0.39, 0.29) is 11.9 Å². The molecule has 0 amide bonds. The van der Waals surface area contributed by atoms with Crippen LogP contribution in [0.4, 0.5) is 4.39 Å². The van der Waals surface area contributed by atoms with Gasteiger partial charge in [0.25, 0.3) is 0 Å². The zero-order valence-electron chi connectivity index (χ0n) is 11.3. The van der Waals surface area contributed by atoms with Crippen LogP contribution in [-0.2, 0) is 0 Å². The maximum atomic E-state index is 12.9. The van der Waals surface area contributed by atoms with Gasteiger partial charge in [0, 0.05) is 18.6 Å². The van der Waals surface area contributed by atoms with Gasteiger partial charge in [-0.3, -0.25) is 4.90 Å². The molecule has 2 nitrogen and oxygen atoms in total. The second-order valence-corrected chi connectivity index (χ2v) is 5.38. The lowest BCUT2D eigenvalue weighted by Crippen LogP contribution is -2.39. The number of nitrogens with two attached hydrogens (primary N) is 1. The lowest BCUT2D eigenvalue weighted by atomic mass is 10.0. The first kappa shape index (κ1) is 13.5. The SMILES string of the molecule is CCC1CCN(C(C)C(N)c2ccc(F)cc2)C1. The maximum Gasteiger partial charge on any atom is 0.123 e. The van der Waals surface area contributed by atoms with Gasteiger partial charge in [-0.25, -0.2) is 4.39 Å². The molecule has 0 aromatic heterocycles. The Bertz CT molecular complexity index is 377. The molecule has 0 spiro atoms. The maximum absolute atomic E-state index is 12.9. The fraction of sp³-hybridized carbons (Fsp3) is 0.600. The minimum absolute atomic E-state index is 0.0405. The van der Waals surface area contributed by atoms with Crippen molar-refractivity contribution in [1.29, 1.82) is 0 Å². The molecular weight excluding hydrogens is 227 g/mol. The third-order valence-corrected chi connectivity index (χ3v) is 4.25. The number of rotatable bonds is 4. The lowest BCUT2D eigenvalue weighted by molar-refractivity contribution is 0.218. The smallest absolute Gasteiger partial charge is 0.123 e. The molecular formula is C15H23FN2. The van der Waals surface area contributed by atoms with Crippen molar-refractivity contribution in [3.05, 3.63) is 35.6 Å². The molecule has 1 aromatic rings. The average molecular weight is 250 g/mol. The van der Waals surface area contributed by atoms with Gasteiger partial charge in [0.05, 0.1) is 0 Å². The fourth-order valence-corrected chi connectivity index (χ4v) is 2.76. The third-order valence-electron chi connectivity index (χ3n) is 4.25. The fourth-order valence-electron chi connectivity index (χ4n) is 2.76. The van der Waals surface area contributed by atoms with Crippen molar-refractivity contribution in [1.82, 2.24) is 4.90 Å². The largest absolute Gasteiger partial charge is 0.323 e. The van der Waals surface area contributed by atoms with E-state index in [1.807, 2.05) is 0 Å². The van der Waals surface area contributed by atoms with Crippen LogP contribution in [0.25, 0.3) is 0 Å². The first-order chi connectivity index (χ1) is 8.61. The van der Waals surface area contributed by atoms with Crippen LogP contribution in [0.3, 0.4) is 0 Å². The Balaban J connectivity index is 2.00. The van der Waals surface area contributed by atoms with E-state index < -0.39 is 0 Å². The highest BCUT2D eigenvalue weighted by Gasteiger charge is 2.28. The Hall–Kier alpha value is -0.930. The molecule has 1 aliphatic rings. The van der Waals surface area contributed by atoms with Gasteiger partial charge in [-0.05, 0) is 43.5 Å². The van der Waals surface area contributed by atoms with Gasteiger partial charge in [-0.2, -0.15) is 0 Å². The molecule has 1 saturated heterocycles. The Morgan fingerprint density at radius 3 is 2.61 bits per heavy atom. The topological polar surface area (TPSA) is 29.3 Å². The van der Waals surface area contributed by atoms with Crippen molar-refractivity contribution in [2.75, 3.05) is 13.1 Å². The monoisotopic (exact) mass is 250 g/mol. The molecule has 0 radical (unpaired) electrons. The molecule has 1 aliphatic heterocycles. The third kappa shape index (κ3) is 2.90. The van der Waals surface area contributed by atoms with Gasteiger partial charge in [-0.15, -0.1) is 0 Å². The minimum Gasteiger partial charge on any atom is -0.323 e. The molecule has 0 saturated carbocycles. The van der Waals surface area contributed by atoms with Crippen LogP contribution >= 0.6 is 0 Å². The molecule has 18 heavy (non-hydrogen) atoms. The van der Waals surface area contributed by atoms with Crippen LogP contribution in [0.5, 0.6) is 0 Å². The number of nitrogens with zero attached hydrogens (tertiary/aromatic N) is 1. The van der Waals surface area contributed by atoms with E-state index in [0.717, 1.165) is 24.6 Å². The molecule has 1 heterocycles. The van der Waals surface area contributed by atoms with Gasteiger partial charge in [-0.1, -0.05) is 25.5 Å². The Kier molecular flexibility index (Phi) is 4.36. The summed E-state index contributed by atoms with van der Waals surface area (Å²) < 4.78 is 12.9. The summed E-state index contributed by atoms with van der Waals surface area (Å²) in [5.41, 5.74) is 7.31. The molecule has 0 aliphatic carbocycles. The zero-order chi connectivity index (χ0) is 13.1. The normalized spacial score (nSPS) is 24.1. The molecule has 0 bridgehead atoms. The summed E-state index contributed by atoms with van der Waals surface area (Å²) in [5, 5.41) is 0. The summed E-state index contributed by atoms with van der Waals surface area (Å²) >= 11 is 0. The predicted octanol–water partition coefficient (Wildman–Crippen LogP) is 2.95. The minimum atomic E-state index is -0.203. The molecule has 3 unspecified atom stereocenters. The van der Waals surface area contributed by atoms with Crippen LogP contribution in [0, 0.1) is 11.7 Å². The van der Waals surface area contributed by atoms with Gasteiger partial charge in [0.15, 0.2) is 0 Å². The summed E-state index contributed by atoms with van der Waals surface area (Å²) in [6.45, 7) is 6.70. The summed E-state index contributed by atoms with van der Waals surface area (Å²) in [6, 6.07) is 6.84. The van der Waals surface area contributed by atoms with Crippen molar-refractivity contribution >= 4 is 0 Å². The molecule has 1 aromatic carbocycles. The first-order valence-corrected chi connectivity index (χ1v) is 6.87. The van der Waals surface area contributed by atoms with Gasteiger partial charge in [0.1, 0.15) is 5.82 Å². The van der Waals surface area contributed by atoms with Crippen molar-refractivity contribution in [3.63, 3.8) is 0 Å². The highest BCUT2D eigenvalue weighted by molar-refractivity contribution is 5.21. The lowest BCUT2D eigenvalue weighted by Gasteiger charge is -2.29. The number of benzene rings is 1. The molecule has 3 atom stereocenters. The highest BCUT2D eigenvalue weighted by atomic mass is 19.1. The number of likely N-dealkylation sites (tertiary alicyclic amines) is 1. The van der Waals surface area contributed by atoms with E-state index in [2.05, 4.69) is 18.7 Å². The second kappa shape index (κ2) is 5.81. The Morgan fingerprint density at radius 1 is 1.39 bits per heavy atom. The summed E-state index contributed by atoms with van der Waals surface area (Å²) in [7, 11) is 0. The van der Waals surface area contributed by atoms with E-state index in [1.165, 1.54) is 25.0 Å². The molecule has 100 valence electrons. The van der Waals surface area contributed by atoms with Crippen molar-refractivity contribution < 1.29 is 4.39 Å². The average Bonchev–Trinajstić information content (AvgIpc) is 2.86. The van der Waals surface area contributed by atoms with Crippen LogP contribution in [0.2, 0.25) is 0 Å². The number of hydrogen-bond donors (Lipinski definition) is 1.